The molecule has 0 unspecified atom stereocenters. The summed E-state index contributed by atoms with van der Waals surface area (Å²) in [6.07, 6.45) is 0.889. The number of halogens is 1. The van der Waals surface area contributed by atoms with E-state index in [0.717, 1.165) is 18.9 Å². The minimum absolute atomic E-state index is 0.00488. The van der Waals surface area contributed by atoms with Crippen LogP contribution in [0.15, 0.2) is 23.1 Å². The highest BCUT2D eigenvalue weighted by atomic mass is 35.5. The topological polar surface area (TPSA) is 98.8 Å². The van der Waals surface area contributed by atoms with Crippen molar-refractivity contribution in [3.05, 3.63) is 28.8 Å². The standard InChI is InChI=1S/C14H14ClNO6S/c15-10-4-1-8(13(17)22-11-5-6-21-14(11)18)7-12(10)23(19,20)16-9-2-3-9/h1,4,7,9,11,16H,2-3,5-6H2/t11-/m0/s1. The molecule has 124 valence electrons. The first-order valence-corrected chi connectivity index (χ1v) is 8.92. The van der Waals surface area contributed by atoms with Crippen LogP contribution >= 0.6 is 11.6 Å². The van der Waals surface area contributed by atoms with Crippen LogP contribution in [-0.2, 0) is 24.3 Å². The van der Waals surface area contributed by atoms with E-state index in [0.29, 0.717) is 0 Å². The van der Waals surface area contributed by atoms with E-state index in [1.807, 2.05) is 0 Å². The van der Waals surface area contributed by atoms with Crippen LogP contribution in [0.5, 0.6) is 0 Å². The van der Waals surface area contributed by atoms with Crippen molar-refractivity contribution in [1.29, 1.82) is 0 Å². The Balaban J connectivity index is 1.81. The first-order valence-electron chi connectivity index (χ1n) is 7.06. The molecule has 1 aromatic rings. The minimum Gasteiger partial charge on any atom is -0.463 e. The zero-order valence-electron chi connectivity index (χ0n) is 12.0. The number of hydrogen-bond acceptors (Lipinski definition) is 6. The number of cyclic esters (lactones) is 1. The summed E-state index contributed by atoms with van der Waals surface area (Å²) in [5.74, 6) is -1.40. The lowest BCUT2D eigenvalue weighted by atomic mass is 10.2. The van der Waals surface area contributed by atoms with Gasteiger partial charge < -0.3 is 9.47 Å². The van der Waals surface area contributed by atoms with E-state index in [4.69, 9.17) is 21.1 Å². The van der Waals surface area contributed by atoms with Gasteiger partial charge >= 0.3 is 11.9 Å². The first kappa shape index (κ1) is 16.2. The summed E-state index contributed by atoms with van der Waals surface area (Å²) in [7, 11) is -3.80. The van der Waals surface area contributed by atoms with Gasteiger partial charge in [0, 0.05) is 12.5 Å². The summed E-state index contributed by atoms with van der Waals surface area (Å²) in [6.45, 7) is 0.197. The minimum atomic E-state index is -3.80. The van der Waals surface area contributed by atoms with Crippen molar-refractivity contribution in [2.24, 2.45) is 0 Å². The fraction of sp³-hybridized carbons (Fsp3) is 0.429. The van der Waals surface area contributed by atoms with Crippen molar-refractivity contribution < 1.29 is 27.5 Å². The van der Waals surface area contributed by atoms with Crippen LogP contribution in [-0.4, -0.2) is 39.1 Å². The Morgan fingerprint density at radius 1 is 1.30 bits per heavy atom. The summed E-state index contributed by atoms with van der Waals surface area (Å²) in [6, 6.07) is 3.73. The quantitative estimate of drug-likeness (QED) is 0.794. The van der Waals surface area contributed by atoms with Crippen LogP contribution in [0.4, 0.5) is 0 Å². The second-order valence-corrected chi connectivity index (χ2v) is 7.48. The van der Waals surface area contributed by atoms with Crippen LogP contribution in [0.1, 0.15) is 29.6 Å². The highest BCUT2D eigenvalue weighted by molar-refractivity contribution is 7.89. The average molecular weight is 360 g/mol. The lowest BCUT2D eigenvalue weighted by molar-refractivity contribution is -0.145. The number of benzene rings is 1. The van der Waals surface area contributed by atoms with Gasteiger partial charge in [-0.05, 0) is 31.0 Å². The van der Waals surface area contributed by atoms with Crippen molar-refractivity contribution in [3.63, 3.8) is 0 Å². The van der Waals surface area contributed by atoms with Gasteiger partial charge in [0.05, 0.1) is 17.2 Å². The molecule has 1 aromatic carbocycles. The first-order chi connectivity index (χ1) is 10.9. The molecule has 1 aliphatic heterocycles. The van der Waals surface area contributed by atoms with Crippen LogP contribution in [0.25, 0.3) is 0 Å². The van der Waals surface area contributed by atoms with Gasteiger partial charge in [-0.25, -0.2) is 22.7 Å². The molecule has 3 rings (SSSR count). The summed E-state index contributed by atoms with van der Waals surface area (Å²) >= 11 is 5.94. The van der Waals surface area contributed by atoms with Gasteiger partial charge in [0.1, 0.15) is 4.90 Å². The predicted molar refractivity (Wildman–Crippen MR) is 79.6 cm³/mol. The van der Waals surface area contributed by atoms with Crippen molar-refractivity contribution in [3.8, 4) is 0 Å². The number of rotatable bonds is 5. The molecule has 0 aromatic heterocycles. The second-order valence-electron chi connectivity index (χ2n) is 5.39. The molecule has 0 radical (unpaired) electrons. The third-order valence-corrected chi connectivity index (χ3v) is 5.49. The van der Waals surface area contributed by atoms with E-state index in [1.54, 1.807) is 0 Å². The summed E-state index contributed by atoms with van der Waals surface area (Å²) in [5.41, 5.74) is 0.00488. The lowest BCUT2D eigenvalue weighted by Gasteiger charge is -2.11. The van der Waals surface area contributed by atoms with Gasteiger partial charge in [-0.2, -0.15) is 0 Å². The van der Waals surface area contributed by atoms with Gasteiger partial charge in [0.2, 0.25) is 16.1 Å². The van der Waals surface area contributed by atoms with Gasteiger partial charge in [-0.15, -0.1) is 0 Å². The molecule has 0 spiro atoms. The normalized spacial score (nSPS) is 21.1. The maximum absolute atomic E-state index is 12.3. The number of nitrogens with one attached hydrogen (secondary N) is 1. The number of sulfonamides is 1. The molecule has 1 N–H and O–H groups in total. The van der Waals surface area contributed by atoms with E-state index >= 15 is 0 Å². The van der Waals surface area contributed by atoms with Crippen LogP contribution < -0.4 is 4.72 Å². The molecule has 2 fully saturated rings. The van der Waals surface area contributed by atoms with Crippen molar-refractivity contribution in [2.75, 3.05) is 6.61 Å². The Labute approximate surface area is 138 Å². The Kier molecular flexibility index (Phi) is 4.31. The summed E-state index contributed by atoms with van der Waals surface area (Å²) < 4.78 is 36.7. The van der Waals surface area contributed by atoms with Crippen LogP contribution in [0, 0.1) is 0 Å². The van der Waals surface area contributed by atoms with Crippen LogP contribution in [0.2, 0.25) is 5.02 Å². The van der Waals surface area contributed by atoms with Gasteiger partial charge in [0.25, 0.3) is 0 Å². The molecular formula is C14H14ClNO6S. The molecule has 1 heterocycles. The summed E-state index contributed by atoms with van der Waals surface area (Å²) in [5, 5.41) is 0.00924. The zero-order valence-corrected chi connectivity index (χ0v) is 13.5. The molecule has 0 bridgehead atoms. The molecule has 1 saturated carbocycles. The largest absolute Gasteiger partial charge is 0.463 e. The smallest absolute Gasteiger partial charge is 0.347 e. The van der Waals surface area contributed by atoms with E-state index in [-0.39, 0.29) is 34.6 Å². The van der Waals surface area contributed by atoms with Gasteiger partial charge in [0.15, 0.2) is 0 Å². The molecular weight excluding hydrogens is 346 g/mol. The van der Waals surface area contributed by atoms with E-state index in [1.165, 1.54) is 12.1 Å². The third-order valence-electron chi connectivity index (χ3n) is 3.49. The molecule has 1 aliphatic carbocycles. The van der Waals surface area contributed by atoms with Crippen LogP contribution in [0.3, 0.4) is 0 Å². The lowest BCUT2D eigenvalue weighted by Crippen LogP contribution is -2.26. The number of carbonyl (C=O) groups excluding carboxylic acids is 2. The Bertz CT molecular complexity index is 759. The molecule has 0 amide bonds. The van der Waals surface area contributed by atoms with E-state index < -0.39 is 28.1 Å². The fourth-order valence-corrected chi connectivity index (χ4v) is 3.93. The summed E-state index contributed by atoms with van der Waals surface area (Å²) in [4.78, 5) is 23.2. The average Bonchev–Trinajstić information content (AvgIpc) is 3.20. The molecule has 1 saturated heterocycles. The predicted octanol–water partition coefficient (Wildman–Crippen LogP) is 1.25. The van der Waals surface area contributed by atoms with Crippen molar-refractivity contribution >= 4 is 33.6 Å². The highest BCUT2D eigenvalue weighted by Crippen LogP contribution is 2.27. The van der Waals surface area contributed by atoms with E-state index in [2.05, 4.69) is 4.72 Å². The monoisotopic (exact) mass is 359 g/mol. The molecule has 1 atom stereocenters. The van der Waals surface area contributed by atoms with Crippen molar-refractivity contribution in [2.45, 2.75) is 36.3 Å². The molecule has 2 aliphatic rings. The Morgan fingerprint density at radius 2 is 2.04 bits per heavy atom. The Hall–Kier alpha value is -1.64. The van der Waals surface area contributed by atoms with Gasteiger partial charge in [-0.1, -0.05) is 11.6 Å². The number of hydrogen-bond donors (Lipinski definition) is 1. The van der Waals surface area contributed by atoms with E-state index in [9.17, 15) is 18.0 Å². The maximum atomic E-state index is 12.3. The Morgan fingerprint density at radius 3 is 2.65 bits per heavy atom. The number of carbonyl (C=O) groups is 2. The SMILES string of the molecule is O=C(O[C@H]1CCOC1=O)c1ccc(Cl)c(S(=O)(=O)NC2CC2)c1. The highest BCUT2D eigenvalue weighted by Gasteiger charge is 2.32. The molecule has 7 nitrogen and oxygen atoms in total. The number of esters is 2. The zero-order chi connectivity index (χ0) is 16.6. The third kappa shape index (κ3) is 3.65. The maximum Gasteiger partial charge on any atom is 0.347 e. The van der Waals surface area contributed by atoms with Crippen molar-refractivity contribution in [1.82, 2.24) is 4.72 Å². The van der Waals surface area contributed by atoms with Gasteiger partial charge in [-0.3, -0.25) is 0 Å². The molecule has 9 heteroatoms. The molecule has 23 heavy (non-hydrogen) atoms. The second kappa shape index (κ2) is 6.10. The fourth-order valence-electron chi connectivity index (χ4n) is 2.10. The number of ether oxygens (including phenoxy) is 2.